The van der Waals surface area contributed by atoms with Crippen LogP contribution in [-0.4, -0.2) is 48.8 Å². The Bertz CT molecular complexity index is 1000. The number of hydrogen-bond donors (Lipinski definition) is 1. The molecule has 0 radical (unpaired) electrons. The Kier molecular flexibility index (Phi) is 4.99. The first-order valence-electron chi connectivity index (χ1n) is 9.26. The van der Waals surface area contributed by atoms with E-state index in [4.69, 9.17) is 4.74 Å². The number of carbonyl (C=O) groups excluding carboxylic acids is 3. The van der Waals surface area contributed by atoms with E-state index in [0.29, 0.717) is 36.7 Å². The smallest absolute Gasteiger partial charge is 0.344 e. The van der Waals surface area contributed by atoms with Crippen LogP contribution < -0.4 is 15.0 Å². The number of para-hydroxylation sites is 2. The van der Waals surface area contributed by atoms with Crippen LogP contribution in [0, 0.1) is 0 Å². The SMILES string of the molecule is CN1CCC(NC(=O)c2ccc(CN3C(=O)COc4ccccc43)cc2)=NC1=O. The third kappa shape index (κ3) is 3.96. The van der Waals surface area contributed by atoms with Crippen molar-refractivity contribution in [3.05, 3.63) is 59.7 Å². The van der Waals surface area contributed by atoms with Gasteiger partial charge in [0.25, 0.3) is 11.8 Å². The van der Waals surface area contributed by atoms with Crippen LogP contribution >= 0.6 is 0 Å². The average molecular weight is 392 g/mol. The van der Waals surface area contributed by atoms with Crippen molar-refractivity contribution < 1.29 is 19.1 Å². The van der Waals surface area contributed by atoms with E-state index in [2.05, 4.69) is 10.3 Å². The van der Waals surface area contributed by atoms with Crippen molar-refractivity contribution in [1.29, 1.82) is 0 Å². The van der Waals surface area contributed by atoms with Crippen LogP contribution in [0.2, 0.25) is 0 Å². The maximum absolute atomic E-state index is 12.4. The normalized spacial score (nSPS) is 16.1. The van der Waals surface area contributed by atoms with Crippen molar-refractivity contribution in [2.24, 2.45) is 4.99 Å². The predicted octanol–water partition coefficient (Wildman–Crippen LogP) is 2.20. The van der Waals surface area contributed by atoms with Crippen LogP contribution in [0.15, 0.2) is 53.5 Å². The predicted molar refractivity (Wildman–Crippen MR) is 107 cm³/mol. The first-order chi connectivity index (χ1) is 14.0. The van der Waals surface area contributed by atoms with Gasteiger partial charge in [0.15, 0.2) is 6.61 Å². The number of aliphatic imine (C=N–C) groups is 1. The summed E-state index contributed by atoms with van der Waals surface area (Å²) in [7, 11) is 1.67. The molecule has 0 atom stereocenters. The van der Waals surface area contributed by atoms with Crippen molar-refractivity contribution in [3.8, 4) is 5.75 Å². The summed E-state index contributed by atoms with van der Waals surface area (Å²) in [4.78, 5) is 43.4. The number of amidine groups is 1. The minimum atomic E-state index is -0.364. The van der Waals surface area contributed by atoms with Crippen molar-refractivity contribution in [2.45, 2.75) is 13.0 Å². The first kappa shape index (κ1) is 18.7. The lowest BCUT2D eigenvalue weighted by Crippen LogP contribution is -2.40. The summed E-state index contributed by atoms with van der Waals surface area (Å²) in [5.41, 5.74) is 2.07. The number of anilines is 1. The quantitative estimate of drug-likeness (QED) is 0.867. The van der Waals surface area contributed by atoms with Crippen molar-refractivity contribution >= 4 is 29.4 Å². The van der Waals surface area contributed by atoms with Gasteiger partial charge in [-0.3, -0.25) is 9.59 Å². The molecule has 8 heteroatoms. The number of benzene rings is 2. The summed E-state index contributed by atoms with van der Waals surface area (Å²) in [6.45, 7) is 0.911. The summed E-state index contributed by atoms with van der Waals surface area (Å²) in [5, 5.41) is 2.69. The number of rotatable bonds is 3. The highest BCUT2D eigenvalue weighted by molar-refractivity contribution is 6.09. The van der Waals surface area contributed by atoms with Gasteiger partial charge in [-0.1, -0.05) is 24.3 Å². The minimum Gasteiger partial charge on any atom is -0.482 e. The molecule has 4 rings (SSSR count). The maximum Gasteiger partial charge on any atom is 0.344 e. The van der Waals surface area contributed by atoms with Gasteiger partial charge in [-0.15, -0.1) is 0 Å². The molecule has 0 saturated carbocycles. The highest BCUT2D eigenvalue weighted by atomic mass is 16.5. The monoisotopic (exact) mass is 392 g/mol. The van der Waals surface area contributed by atoms with Crippen molar-refractivity contribution in [2.75, 3.05) is 25.1 Å². The Labute approximate surface area is 167 Å². The zero-order chi connectivity index (χ0) is 20.4. The Morgan fingerprint density at radius 1 is 1.14 bits per heavy atom. The van der Waals surface area contributed by atoms with E-state index in [1.54, 1.807) is 24.1 Å². The maximum atomic E-state index is 12.4. The molecule has 0 aliphatic carbocycles. The Morgan fingerprint density at radius 3 is 2.66 bits per heavy atom. The molecule has 4 amide bonds. The molecule has 29 heavy (non-hydrogen) atoms. The summed E-state index contributed by atoms with van der Waals surface area (Å²) in [6, 6.07) is 14.0. The lowest BCUT2D eigenvalue weighted by molar-refractivity contribution is -0.121. The molecule has 0 saturated heterocycles. The standard InChI is InChI=1S/C21H20N4O4/c1-24-11-10-18(23-21(24)28)22-20(27)15-8-6-14(7-9-15)12-25-16-4-2-3-5-17(16)29-13-19(25)26/h2-9H,10-13H2,1H3,(H,22,23,27,28). The van der Waals surface area contributed by atoms with Crippen LogP contribution in [0.4, 0.5) is 10.5 Å². The topological polar surface area (TPSA) is 91.3 Å². The number of urea groups is 1. The fourth-order valence-corrected chi connectivity index (χ4v) is 3.19. The van der Waals surface area contributed by atoms with E-state index >= 15 is 0 Å². The minimum absolute atomic E-state index is 0.00746. The van der Waals surface area contributed by atoms with E-state index in [1.807, 2.05) is 36.4 Å². The van der Waals surface area contributed by atoms with E-state index in [9.17, 15) is 14.4 Å². The van der Waals surface area contributed by atoms with Gasteiger partial charge in [0.1, 0.15) is 11.6 Å². The van der Waals surface area contributed by atoms with Gasteiger partial charge in [-0.05, 0) is 29.8 Å². The third-order valence-corrected chi connectivity index (χ3v) is 4.86. The lowest BCUT2D eigenvalue weighted by Gasteiger charge is -2.29. The summed E-state index contributed by atoms with van der Waals surface area (Å²) in [6.07, 6.45) is 0.505. The molecule has 0 spiro atoms. The van der Waals surface area contributed by atoms with Gasteiger partial charge in [-0.25, -0.2) is 4.79 Å². The van der Waals surface area contributed by atoms with Gasteiger partial charge >= 0.3 is 6.03 Å². The number of amides is 4. The van der Waals surface area contributed by atoms with Crippen LogP contribution in [0.5, 0.6) is 5.75 Å². The number of carbonyl (C=O) groups is 3. The summed E-state index contributed by atoms with van der Waals surface area (Å²) >= 11 is 0. The van der Waals surface area contributed by atoms with Gasteiger partial charge in [0, 0.05) is 25.6 Å². The molecule has 8 nitrogen and oxygen atoms in total. The first-order valence-corrected chi connectivity index (χ1v) is 9.26. The molecule has 2 heterocycles. The zero-order valence-corrected chi connectivity index (χ0v) is 15.9. The lowest BCUT2D eigenvalue weighted by atomic mass is 10.1. The highest BCUT2D eigenvalue weighted by Gasteiger charge is 2.25. The highest BCUT2D eigenvalue weighted by Crippen LogP contribution is 2.32. The number of hydrogen-bond acceptors (Lipinski definition) is 4. The van der Waals surface area contributed by atoms with Crippen molar-refractivity contribution in [3.63, 3.8) is 0 Å². The number of ether oxygens (including phenoxy) is 1. The molecule has 2 aliphatic rings. The number of nitrogens with zero attached hydrogens (tertiary/aromatic N) is 3. The Morgan fingerprint density at radius 2 is 1.90 bits per heavy atom. The molecule has 2 aromatic carbocycles. The van der Waals surface area contributed by atoms with Crippen molar-refractivity contribution in [1.82, 2.24) is 10.2 Å². The number of nitrogens with one attached hydrogen (secondary N) is 1. The summed E-state index contributed by atoms with van der Waals surface area (Å²) < 4.78 is 5.46. The molecule has 1 N–H and O–H groups in total. The molecular weight excluding hydrogens is 372 g/mol. The molecule has 2 aliphatic heterocycles. The molecule has 148 valence electrons. The average Bonchev–Trinajstić information content (AvgIpc) is 2.73. The second-order valence-corrected chi connectivity index (χ2v) is 6.90. The van der Waals surface area contributed by atoms with Gasteiger partial charge < -0.3 is 19.9 Å². The molecule has 0 fully saturated rings. The zero-order valence-electron chi connectivity index (χ0n) is 15.9. The molecule has 2 aromatic rings. The fourth-order valence-electron chi connectivity index (χ4n) is 3.19. The van der Waals surface area contributed by atoms with Gasteiger partial charge in [0.2, 0.25) is 0 Å². The molecule has 0 aromatic heterocycles. The number of fused-ring (bicyclic) bond motifs is 1. The molecule has 0 unspecified atom stereocenters. The van der Waals surface area contributed by atoms with E-state index in [0.717, 1.165) is 11.3 Å². The second kappa shape index (κ2) is 7.75. The van der Waals surface area contributed by atoms with E-state index < -0.39 is 0 Å². The summed E-state index contributed by atoms with van der Waals surface area (Å²) in [5.74, 6) is 0.616. The largest absolute Gasteiger partial charge is 0.482 e. The van der Waals surface area contributed by atoms with Gasteiger partial charge in [-0.2, -0.15) is 4.99 Å². The van der Waals surface area contributed by atoms with Crippen LogP contribution in [0.1, 0.15) is 22.3 Å². The third-order valence-electron chi connectivity index (χ3n) is 4.86. The molecule has 0 bridgehead atoms. The van der Waals surface area contributed by atoms with E-state index in [-0.39, 0.29) is 24.5 Å². The second-order valence-electron chi connectivity index (χ2n) is 6.90. The van der Waals surface area contributed by atoms with Crippen LogP contribution in [-0.2, 0) is 11.3 Å². The van der Waals surface area contributed by atoms with E-state index in [1.165, 1.54) is 4.90 Å². The van der Waals surface area contributed by atoms with Gasteiger partial charge in [0.05, 0.1) is 12.2 Å². The Balaban J connectivity index is 1.45. The fraction of sp³-hybridized carbons (Fsp3) is 0.238. The van der Waals surface area contributed by atoms with Crippen LogP contribution in [0.25, 0.3) is 0 Å². The van der Waals surface area contributed by atoms with Crippen LogP contribution in [0.3, 0.4) is 0 Å². The Hall–Kier alpha value is -3.68. The molecular formula is C21H20N4O4.